The van der Waals surface area contributed by atoms with Gasteiger partial charge in [0.1, 0.15) is 105 Å². The lowest BCUT2D eigenvalue weighted by Crippen LogP contribution is -2.64. The number of aliphatic hydroxyl groups excluding tert-OH is 9. The largest absolute Gasteiger partial charge is 0.566 e. The molecule has 32 atom stereocenters. The minimum absolute atomic E-state index is 0.0107. The second-order valence-electron chi connectivity index (χ2n) is 30.0. The van der Waals surface area contributed by atoms with Crippen LogP contribution in [0.2, 0.25) is 0 Å². The van der Waals surface area contributed by atoms with Gasteiger partial charge in [-0.15, -0.1) is 9.05 Å². The third-order valence-corrected chi connectivity index (χ3v) is 22.7. The van der Waals surface area contributed by atoms with Crippen molar-refractivity contribution in [3.63, 3.8) is 0 Å². The van der Waals surface area contributed by atoms with E-state index in [1.54, 1.807) is 6.92 Å². The monoisotopic (exact) mass is 1690 g/mol. The molecule has 14 unspecified atom stereocenters. The van der Waals surface area contributed by atoms with Crippen LogP contribution in [0.4, 0.5) is 0 Å². The molecule has 34 heteroatoms. The molecule has 11 rings (SSSR count). The van der Waals surface area contributed by atoms with Gasteiger partial charge in [0.15, 0.2) is 37.7 Å². The van der Waals surface area contributed by atoms with Crippen molar-refractivity contribution in [3.8, 4) is 0 Å². The molecule has 6 aliphatic rings. The molecule has 0 spiro atoms. The van der Waals surface area contributed by atoms with Crippen LogP contribution in [0.5, 0.6) is 0 Å². The van der Waals surface area contributed by atoms with E-state index in [9.17, 15) is 69.7 Å². The summed E-state index contributed by atoms with van der Waals surface area (Å²) in [7, 11) is -5.49. The molecule has 0 aliphatic carbocycles. The van der Waals surface area contributed by atoms with Crippen molar-refractivity contribution >= 4 is 22.5 Å². The molecule has 0 amide bonds. The van der Waals surface area contributed by atoms with E-state index in [0.717, 1.165) is 5.56 Å². The highest BCUT2D eigenvalue weighted by molar-refractivity contribution is 7.30. The highest BCUT2D eigenvalue weighted by Gasteiger charge is 2.56. The fourth-order valence-corrected chi connectivity index (χ4v) is 15.1. The van der Waals surface area contributed by atoms with Crippen LogP contribution in [0.1, 0.15) is 102 Å². The summed E-state index contributed by atoms with van der Waals surface area (Å²) in [6, 6.07) is 50.1. The van der Waals surface area contributed by atoms with Crippen molar-refractivity contribution in [2.45, 2.75) is 261 Å². The zero-order valence-electron chi connectivity index (χ0n) is 67.0. The molecule has 0 radical (unpaired) electrons. The van der Waals surface area contributed by atoms with Gasteiger partial charge in [-0.1, -0.05) is 200 Å². The molecule has 9 N–H and O–H groups in total. The van der Waals surface area contributed by atoms with Crippen molar-refractivity contribution in [1.29, 1.82) is 0 Å². The number of hydrogen-bond donors (Lipinski definition) is 9. The van der Waals surface area contributed by atoms with Gasteiger partial charge in [-0.05, 0) is 79.9 Å². The van der Waals surface area contributed by atoms with E-state index in [2.05, 4.69) is 57.6 Å². The number of carbonyl (C=O) groups is 1. The van der Waals surface area contributed by atoms with Crippen LogP contribution in [-0.4, -0.2) is 246 Å². The number of benzene rings is 5. The Balaban J connectivity index is 0.000000427. The molecule has 0 aromatic heterocycles. The normalized spacial score (nSPS) is 35.3. The first-order valence-electron chi connectivity index (χ1n) is 39.7. The van der Waals surface area contributed by atoms with Gasteiger partial charge < -0.3 is 132 Å². The smallest absolute Gasteiger partial charge is 0.488 e. The van der Waals surface area contributed by atoms with Crippen LogP contribution in [0.15, 0.2) is 152 Å². The number of aliphatic hydroxyl groups is 9. The third kappa shape index (κ3) is 27.8. The first-order valence-corrected chi connectivity index (χ1v) is 41.9. The topological polar surface area (TPSA) is 446 Å². The van der Waals surface area contributed by atoms with E-state index in [-0.39, 0.29) is 37.9 Å². The van der Waals surface area contributed by atoms with Crippen molar-refractivity contribution in [2.75, 3.05) is 40.1 Å². The quantitative estimate of drug-likeness (QED) is 0.0141. The number of carbonyl (C=O) groups excluding carboxylic acids is 1. The fraction of sp³-hybridized carbons (Fsp3) is 0.627. The van der Waals surface area contributed by atoms with Crippen molar-refractivity contribution in [1.82, 2.24) is 0 Å². The maximum Gasteiger partial charge on any atom is 0.488 e. The van der Waals surface area contributed by atoms with E-state index < -0.39 is 220 Å². The SMILES string of the molecule is CCC1O[C@H](O[C@@H]2C(OCc3ccccc3)[C@H](OCCCC(=O)OC)OC(CO[C@H]3OC(CO[C@H]4OC(CC)[C@@H](C)[C@H](C)C4O[C@H]4OC(CO[P+](=O)[O-])[C@@H](O)[C@H](O)C4O)[C@@H](O)[C@H](O)C3O)[C@H]2C)C(O[C@H]2OC(CO[P+](=O)[O-])[C@@H](O)[C@H](O)C2O)[C@@H](C)[C@@H]1C.c1ccc(COCc2ccccc2)cc1.c1ccc(COCc2ccccc2)cc1. The van der Waals surface area contributed by atoms with Crippen molar-refractivity contribution < 1.29 is 155 Å². The van der Waals surface area contributed by atoms with Gasteiger partial charge in [0.25, 0.3) is 0 Å². The Kier molecular flexibility index (Phi) is 39.6. The Labute approximate surface area is 684 Å². The molecule has 0 bridgehead atoms. The van der Waals surface area contributed by atoms with Crippen LogP contribution < -0.4 is 9.79 Å². The Morgan fingerprint density at radius 3 is 1.08 bits per heavy atom. The first kappa shape index (κ1) is 95.5. The highest BCUT2D eigenvalue weighted by Crippen LogP contribution is 2.43. The summed E-state index contributed by atoms with van der Waals surface area (Å²) < 4.78 is 131. The summed E-state index contributed by atoms with van der Waals surface area (Å²) in [4.78, 5) is 34.8. The second kappa shape index (κ2) is 48.5. The zero-order valence-corrected chi connectivity index (χ0v) is 68.8. The number of hydrogen-bond acceptors (Lipinski definition) is 32. The predicted molar refractivity (Wildman–Crippen MR) is 411 cm³/mol. The van der Waals surface area contributed by atoms with Crippen LogP contribution in [0.3, 0.4) is 0 Å². The summed E-state index contributed by atoms with van der Waals surface area (Å²) in [5.41, 5.74) is 5.63. The average molecular weight is 1690 g/mol. The molecule has 117 heavy (non-hydrogen) atoms. The summed E-state index contributed by atoms with van der Waals surface area (Å²) in [5, 5.41) is 99.3. The van der Waals surface area contributed by atoms with Gasteiger partial charge >= 0.3 is 22.5 Å². The van der Waals surface area contributed by atoms with E-state index in [0.29, 0.717) is 39.3 Å². The lowest BCUT2D eigenvalue weighted by Gasteiger charge is -2.51. The molecular formula is C83H116O32P2. The molecule has 6 heterocycles. The lowest BCUT2D eigenvalue weighted by molar-refractivity contribution is -0.381. The number of esters is 1. The Morgan fingerprint density at radius 1 is 0.350 bits per heavy atom. The second-order valence-corrected chi connectivity index (χ2v) is 31.4. The molecule has 6 aliphatic heterocycles. The van der Waals surface area contributed by atoms with Crippen LogP contribution in [-0.2, 0) is 132 Å². The van der Waals surface area contributed by atoms with Gasteiger partial charge in [-0.2, -0.15) is 0 Å². The molecule has 650 valence electrons. The van der Waals surface area contributed by atoms with Crippen molar-refractivity contribution in [3.05, 3.63) is 179 Å². The highest BCUT2D eigenvalue weighted by atomic mass is 31.1. The van der Waals surface area contributed by atoms with Gasteiger partial charge in [0.05, 0.1) is 84.4 Å². The average Bonchev–Trinajstić information content (AvgIpc) is 0.775. The summed E-state index contributed by atoms with van der Waals surface area (Å²) in [6.45, 7) is 13.4. The third-order valence-electron chi connectivity index (χ3n) is 22.0. The predicted octanol–water partition coefficient (Wildman–Crippen LogP) is 5.20. The summed E-state index contributed by atoms with van der Waals surface area (Å²) in [5.74, 6) is -2.52. The molecular weight excluding hydrogens is 1570 g/mol. The van der Waals surface area contributed by atoms with E-state index >= 15 is 0 Å². The molecule has 5 aromatic carbocycles. The first-order chi connectivity index (χ1) is 56.3. The van der Waals surface area contributed by atoms with Gasteiger partial charge in [-0.3, -0.25) is 4.79 Å². The maximum absolute atomic E-state index is 12.2. The maximum atomic E-state index is 12.2. The number of ether oxygens (including phenoxy) is 16. The van der Waals surface area contributed by atoms with Crippen LogP contribution >= 0.6 is 16.5 Å². The van der Waals surface area contributed by atoms with E-state index in [1.165, 1.54) is 29.4 Å². The van der Waals surface area contributed by atoms with Crippen LogP contribution in [0.25, 0.3) is 0 Å². The molecule has 6 saturated heterocycles. The molecule has 32 nitrogen and oxygen atoms in total. The standard InChI is InChI=1S/C55H88O30P2.2C14H14O/c1-9-30-24(3)26(5)47(84-51-44(64)41(61)38(58)34(81-51)22-75-86(66)67)53(77-30)74-21-33-37(57)40(60)43(63)50(80-33)73-20-32-28(7)46(49(72-19-29-15-12-11-13-16-29)54(79-32)71-18-14-17-36(56)70-8)83-55-48(27(6)25(4)31(10-2)78-55)85-52-45(65)42(62)39(59)35(82-52)23-76-87(68)69;2*1-3-7-13(8-4-1)11-15-12-14-9-5-2-6-10-14/h11-13,15-16,24-28,30-35,37-55,57-65H,9-10,14,17-23H2,1-8H3;2*1-10H,11-12H2/t24-,25-,26-,27-,28+,30?,31?,32?,33?,34?,35?,37+,38+,39+,40-,41-,42-,43?,44?,45?,46-,47?,48?,49?,50-,51+,52+,53-,54+,55+;;/m0../s1. The molecule has 0 saturated carbocycles. The lowest BCUT2D eigenvalue weighted by atomic mass is 9.82. The Bertz CT molecular complexity index is 3480. The number of rotatable bonds is 36. The Morgan fingerprint density at radius 2 is 0.675 bits per heavy atom. The summed E-state index contributed by atoms with van der Waals surface area (Å²) >= 11 is 0. The van der Waals surface area contributed by atoms with Gasteiger partial charge in [0, 0.05) is 12.3 Å². The van der Waals surface area contributed by atoms with Gasteiger partial charge in [-0.25, -0.2) is 0 Å². The van der Waals surface area contributed by atoms with Crippen molar-refractivity contribution in [2.24, 2.45) is 29.6 Å². The zero-order chi connectivity index (χ0) is 84.2. The minimum Gasteiger partial charge on any atom is -0.566 e. The molecule has 6 fully saturated rings. The molecule has 5 aromatic rings. The fourth-order valence-electron chi connectivity index (χ4n) is 14.6. The summed E-state index contributed by atoms with van der Waals surface area (Å²) in [6.07, 6.45) is -34.7. The van der Waals surface area contributed by atoms with Crippen LogP contribution in [0, 0.1) is 29.6 Å². The minimum atomic E-state index is -3.38. The number of methoxy groups -OCH3 is 1. The Hall–Kier alpha value is -5.35. The van der Waals surface area contributed by atoms with E-state index in [1.807, 2.05) is 145 Å². The van der Waals surface area contributed by atoms with E-state index in [4.69, 9.17) is 75.8 Å². The van der Waals surface area contributed by atoms with Gasteiger partial charge in [0.2, 0.25) is 0 Å².